The average Bonchev–Trinajstić information content (AvgIpc) is 2.22. The predicted molar refractivity (Wildman–Crippen MR) is 55.3 cm³/mol. The molecule has 1 rings (SSSR count). The smallest absolute Gasteiger partial charge is 0.432 e. The molecule has 5 heteroatoms. The number of hydrogen-bond acceptors (Lipinski definition) is 4. The molecule has 0 fully saturated rings. The number of carbonyl (C=O) groups excluding carboxylic acids is 1. The van der Waals surface area contributed by atoms with E-state index in [1.165, 1.54) is 7.11 Å². The van der Waals surface area contributed by atoms with E-state index in [2.05, 4.69) is 0 Å². The van der Waals surface area contributed by atoms with Gasteiger partial charge in [0.05, 0.1) is 6.61 Å². The van der Waals surface area contributed by atoms with Crippen molar-refractivity contribution in [1.82, 2.24) is 0 Å². The summed E-state index contributed by atoms with van der Waals surface area (Å²) in [4.78, 5) is 11.0. The third-order valence-corrected chi connectivity index (χ3v) is 1.77. The molecule has 0 saturated carbocycles. The van der Waals surface area contributed by atoms with E-state index in [9.17, 15) is 4.79 Å². The van der Waals surface area contributed by atoms with Crippen molar-refractivity contribution in [3.05, 3.63) is 29.3 Å². The van der Waals surface area contributed by atoms with Crippen LogP contribution in [0.3, 0.4) is 0 Å². The van der Waals surface area contributed by atoms with E-state index in [1.54, 1.807) is 24.3 Å². The van der Waals surface area contributed by atoms with Gasteiger partial charge in [0.1, 0.15) is 12.4 Å². The molecule has 0 aliphatic heterocycles. The lowest BCUT2D eigenvalue weighted by Crippen LogP contribution is -2.13. The molecule has 0 aliphatic rings. The van der Waals surface area contributed by atoms with Gasteiger partial charge in [0, 0.05) is 12.1 Å². The van der Waals surface area contributed by atoms with Crippen molar-refractivity contribution >= 4 is 17.8 Å². The maximum absolute atomic E-state index is 11.0. The van der Waals surface area contributed by atoms with Crippen LogP contribution in [-0.4, -0.2) is 26.5 Å². The van der Waals surface area contributed by atoms with E-state index in [0.29, 0.717) is 17.4 Å². The van der Waals surface area contributed by atoms with Crippen molar-refractivity contribution in [2.45, 2.75) is 0 Å². The van der Waals surface area contributed by atoms with Gasteiger partial charge < -0.3 is 14.2 Å². The number of benzene rings is 1. The molecule has 0 saturated heterocycles. The fourth-order valence-electron chi connectivity index (χ4n) is 0.837. The Bertz CT molecular complexity index is 310. The van der Waals surface area contributed by atoms with Crippen molar-refractivity contribution in [2.24, 2.45) is 0 Å². The van der Waals surface area contributed by atoms with Gasteiger partial charge in [-0.3, -0.25) is 0 Å². The Morgan fingerprint density at radius 1 is 1.27 bits per heavy atom. The molecule has 0 heterocycles. The normalized spacial score (nSPS) is 9.73. The van der Waals surface area contributed by atoms with Gasteiger partial charge in [-0.25, -0.2) is 4.79 Å². The van der Waals surface area contributed by atoms with Crippen molar-refractivity contribution in [3.63, 3.8) is 0 Å². The van der Waals surface area contributed by atoms with Gasteiger partial charge in [0.25, 0.3) is 0 Å². The van der Waals surface area contributed by atoms with Gasteiger partial charge in [0.15, 0.2) is 0 Å². The summed E-state index contributed by atoms with van der Waals surface area (Å²) in [5, 5.41) is 0.579. The molecule has 4 nitrogen and oxygen atoms in total. The molecule has 0 N–H and O–H groups in total. The molecular weight excluding hydrogens is 220 g/mol. The third kappa shape index (κ3) is 4.67. The highest BCUT2D eigenvalue weighted by Crippen LogP contribution is 2.15. The SMILES string of the molecule is COCCOC(=O)Oc1ccc(Cl)cc1. The number of hydrogen-bond donors (Lipinski definition) is 0. The first-order valence-electron chi connectivity index (χ1n) is 4.31. The number of ether oxygens (including phenoxy) is 3. The molecule has 0 atom stereocenters. The van der Waals surface area contributed by atoms with Crippen molar-refractivity contribution in [3.8, 4) is 5.75 Å². The van der Waals surface area contributed by atoms with Crippen LogP contribution in [0.1, 0.15) is 0 Å². The van der Waals surface area contributed by atoms with E-state index in [0.717, 1.165) is 0 Å². The molecule has 1 aromatic carbocycles. The van der Waals surface area contributed by atoms with Gasteiger partial charge in [-0.2, -0.15) is 0 Å². The Kier molecular flexibility index (Phi) is 4.93. The number of rotatable bonds is 4. The zero-order chi connectivity index (χ0) is 11.1. The van der Waals surface area contributed by atoms with Crippen molar-refractivity contribution < 1.29 is 19.0 Å². The van der Waals surface area contributed by atoms with Gasteiger partial charge >= 0.3 is 6.16 Å². The first kappa shape index (κ1) is 11.8. The molecule has 0 aromatic heterocycles. The topological polar surface area (TPSA) is 44.8 Å². The lowest BCUT2D eigenvalue weighted by atomic mass is 10.3. The molecule has 1 aromatic rings. The quantitative estimate of drug-likeness (QED) is 0.453. The molecule has 0 aliphatic carbocycles. The third-order valence-electron chi connectivity index (χ3n) is 1.52. The molecule has 82 valence electrons. The highest BCUT2D eigenvalue weighted by Gasteiger charge is 2.04. The summed E-state index contributed by atoms with van der Waals surface area (Å²) in [7, 11) is 1.52. The van der Waals surface area contributed by atoms with E-state index in [-0.39, 0.29) is 6.61 Å². The van der Waals surface area contributed by atoms with E-state index < -0.39 is 6.16 Å². The fourth-order valence-corrected chi connectivity index (χ4v) is 0.963. The molecule has 0 amide bonds. The second kappa shape index (κ2) is 6.27. The predicted octanol–water partition coefficient (Wildman–Crippen LogP) is 2.50. The zero-order valence-electron chi connectivity index (χ0n) is 8.23. The van der Waals surface area contributed by atoms with Crippen LogP contribution in [0.15, 0.2) is 24.3 Å². The Balaban J connectivity index is 2.34. The summed E-state index contributed by atoms with van der Waals surface area (Å²) in [6.45, 7) is 0.513. The molecule has 15 heavy (non-hydrogen) atoms. The molecule has 0 unspecified atom stereocenters. The molecule has 0 radical (unpaired) electrons. The number of methoxy groups -OCH3 is 1. The van der Waals surface area contributed by atoms with Gasteiger partial charge in [-0.05, 0) is 24.3 Å². The fraction of sp³-hybridized carbons (Fsp3) is 0.300. The summed E-state index contributed by atoms with van der Waals surface area (Å²) in [5.41, 5.74) is 0. The van der Waals surface area contributed by atoms with Crippen molar-refractivity contribution in [1.29, 1.82) is 0 Å². The van der Waals surface area contributed by atoms with Crippen LogP contribution in [0.25, 0.3) is 0 Å². The Morgan fingerprint density at radius 3 is 2.53 bits per heavy atom. The van der Waals surface area contributed by atoms with Gasteiger partial charge in [0.2, 0.25) is 0 Å². The summed E-state index contributed by atoms with van der Waals surface area (Å²) < 4.78 is 14.2. The number of carbonyl (C=O) groups is 1. The first-order valence-corrected chi connectivity index (χ1v) is 4.69. The second-order valence-electron chi connectivity index (χ2n) is 2.65. The Labute approximate surface area is 92.7 Å². The maximum Gasteiger partial charge on any atom is 0.513 e. The van der Waals surface area contributed by atoms with E-state index in [4.69, 9.17) is 25.8 Å². The van der Waals surface area contributed by atoms with Crippen LogP contribution in [0.4, 0.5) is 4.79 Å². The first-order chi connectivity index (χ1) is 7.22. The van der Waals surface area contributed by atoms with Crippen LogP contribution in [0.2, 0.25) is 5.02 Å². The van der Waals surface area contributed by atoms with Crippen LogP contribution in [-0.2, 0) is 9.47 Å². The highest BCUT2D eigenvalue weighted by atomic mass is 35.5. The Hall–Kier alpha value is -1.26. The van der Waals surface area contributed by atoms with E-state index in [1.807, 2.05) is 0 Å². The lowest BCUT2D eigenvalue weighted by Gasteiger charge is -2.04. The zero-order valence-corrected chi connectivity index (χ0v) is 8.99. The van der Waals surface area contributed by atoms with E-state index >= 15 is 0 Å². The minimum absolute atomic E-state index is 0.170. The van der Waals surface area contributed by atoms with Crippen LogP contribution >= 0.6 is 11.6 Å². The van der Waals surface area contributed by atoms with Gasteiger partial charge in [-0.15, -0.1) is 0 Å². The Morgan fingerprint density at radius 2 is 1.93 bits per heavy atom. The highest BCUT2D eigenvalue weighted by molar-refractivity contribution is 6.30. The summed E-state index contributed by atoms with van der Waals surface area (Å²) in [6.07, 6.45) is -0.755. The monoisotopic (exact) mass is 230 g/mol. The minimum atomic E-state index is -0.755. The van der Waals surface area contributed by atoms with Crippen LogP contribution < -0.4 is 4.74 Å². The standard InChI is InChI=1S/C10H11ClO4/c1-13-6-7-14-10(12)15-9-4-2-8(11)3-5-9/h2-5H,6-7H2,1H3. The molecule has 0 bridgehead atoms. The molecule has 0 spiro atoms. The molecular formula is C10H11ClO4. The lowest BCUT2D eigenvalue weighted by molar-refractivity contribution is 0.0685. The van der Waals surface area contributed by atoms with Crippen LogP contribution in [0, 0.1) is 0 Å². The largest absolute Gasteiger partial charge is 0.513 e. The summed E-state index contributed by atoms with van der Waals surface area (Å²) >= 11 is 5.66. The van der Waals surface area contributed by atoms with Gasteiger partial charge in [-0.1, -0.05) is 11.6 Å². The summed E-state index contributed by atoms with van der Waals surface area (Å²) in [6, 6.07) is 6.42. The minimum Gasteiger partial charge on any atom is -0.432 e. The van der Waals surface area contributed by atoms with Crippen molar-refractivity contribution in [2.75, 3.05) is 20.3 Å². The maximum atomic E-state index is 11.0. The van der Waals surface area contributed by atoms with Crippen LogP contribution in [0.5, 0.6) is 5.75 Å². The summed E-state index contributed by atoms with van der Waals surface area (Å²) in [5.74, 6) is 0.391. The second-order valence-corrected chi connectivity index (χ2v) is 3.08. The average molecular weight is 231 g/mol. The number of halogens is 1.